The van der Waals surface area contributed by atoms with Gasteiger partial charge in [-0.15, -0.1) is 0 Å². The van der Waals surface area contributed by atoms with Gasteiger partial charge in [0.25, 0.3) is 0 Å². The summed E-state index contributed by atoms with van der Waals surface area (Å²) in [4.78, 5) is 5.14. The highest BCUT2D eigenvalue weighted by Gasteiger charge is 2.73. The fourth-order valence-corrected chi connectivity index (χ4v) is 2.30. The second-order valence-corrected chi connectivity index (χ2v) is 5.86. The van der Waals surface area contributed by atoms with Crippen LogP contribution in [0.15, 0.2) is 29.4 Å². The summed E-state index contributed by atoms with van der Waals surface area (Å²) in [5, 5.41) is 3.78. The van der Waals surface area contributed by atoms with E-state index in [1.165, 1.54) is 0 Å². The van der Waals surface area contributed by atoms with Gasteiger partial charge >= 0.3 is 18.0 Å². The van der Waals surface area contributed by atoms with E-state index in [-0.39, 0.29) is 17.6 Å². The molecule has 0 aliphatic carbocycles. The second kappa shape index (κ2) is 5.93. The van der Waals surface area contributed by atoms with Crippen LogP contribution in [0, 0.1) is 5.92 Å². The third-order valence-electron chi connectivity index (χ3n) is 3.83. The lowest BCUT2D eigenvalue weighted by Crippen LogP contribution is -2.50. The maximum absolute atomic E-state index is 13.9. The minimum absolute atomic E-state index is 0.138. The lowest BCUT2D eigenvalue weighted by Gasteiger charge is -2.30. The summed E-state index contributed by atoms with van der Waals surface area (Å²) in [5.41, 5.74) is -6.27. The smallest absolute Gasteiger partial charge is 0.392 e. The minimum atomic E-state index is -6.12. The monoisotopic (exact) mass is 357 g/mol. The molecule has 134 valence electrons. The third-order valence-corrected chi connectivity index (χ3v) is 3.83. The third kappa shape index (κ3) is 3.08. The van der Waals surface area contributed by atoms with Crippen LogP contribution < -0.4 is 0 Å². The molecule has 9 heteroatoms. The molecule has 0 saturated carbocycles. The number of hydrogen-bond donors (Lipinski definition) is 0. The average molecular weight is 357 g/mol. The molecule has 1 heterocycles. The fourth-order valence-electron chi connectivity index (χ4n) is 2.30. The Bertz CT molecular complexity index is 602. The van der Waals surface area contributed by atoms with E-state index in [0.717, 1.165) is 12.1 Å². The topological polar surface area (TPSA) is 21.6 Å². The molecule has 0 N–H and O–H groups in total. The molecule has 1 unspecified atom stereocenters. The lowest BCUT2D eigenvalue weighted by molar-refractivity contribution is -0.348. The summed E-state index contributed by atoms with van der Waals surface area (Å²) in [6, 6.07) is 2.90. The van der Waals surface area contributed by atoms with E-state index < -0.39 is 23.6 Å². The number of hydrogen-bond acceptors (Lipinski definition) is 2. The first kappa shape index (κ1) is 18.5. The number of alkyl halides is 7. The van der Waals surface area contributed by atoms with Crippen LogP contribution in [0.5, 0.6) is 0 Å². The number of rotatable bonds is 3. The number of nitrogens with zero attached hydrogens (tertiary/aromatic N) is 1. The van der Waals surface area contributed by atoms with Gasteiger partial charge in [0.15, 0.2) is 0 Å². The van der Waals surface area contributed by atoms with Crippen molar-refractivity contribution in [3.8, 4) is 0 Å². The minimum Gasteiger partial charge on any atom is -0.392 e. The maximum Gasteiger partial charge on any atom is 0.435 e. The molecule has 0 saturated heterocycles. The molecule has 0 spiro atoms. The van der Waals surface area contributed by atoms with E-state index in [1.807, 2.05) is 13.8 Å². The Morgan fingerprint density at radius 3 is 1.83 bits per heavy atom. The van der Waals surface area contributed by atoms with E-state index in [2.05, 4.69) is 5.16 Å². The molecule has 1 aromatic rings. The van der Waals surface area contributed by atoms with Gasteiger partial charge in [-0.05, 0) is 11.5 Å². The van der Waals surface area contributed by atoms with Gasteiger partial charge in [-0.25, -0.2) is 4.39 Å². The normalized spacial score (nSPS) is 19.4. The van der Waals surface area contributed by atoms with Crippen molar-refractivity contribution < 1.29 is 35.6 Å². The highest BCUT2D eigenvalue weighted by molar-refractivity contribution is 6.01. The van der Waals surface area contributed by atoms with Gasteiger partial charge in [0.2, 0.25) is 0 Å². The predicted molar refractivity (Wildman–Crippen MR) is 72.2 cm³/mol. The largest absolute Gasteiger partial charge is 0.435 e. The number of halogens is 7. The summed E-state index contributed by atoms with van der Waals surface area (Å²) in [5.74, 6) is 0.138. The van der Waals surface area contributed by atoms with Crippen LogP contribution in [0.2, 0.25) is 0 Å². The molecular weight excluding hydrogens is 343 g/mol. The first-order chi connectivity index (χ1) is 10.9. The van der Waals surface area contributed by atoms with Gasteiger partial charge in [0.1, 0.15) is 6.10 Å². The molecule has 0 bridgehead atoms. The van der Waals surface area contributed by atoms with Crippen LogP contribution in [0.4, 0.5) is 30.7 Å². The Morgan fingerprint density at radius 1 is 0.958 bits per heavy atom. The van der Waals surface area contributed by atoms with Crippen molar-refractivity contribution in [3.63, 3.8) is 0 Å². The van der Waals surface area contributed by atoms with E-state index in [0.29, 0.717) is 24.3 Å². The van der Waals surface area contributed by atoms with Crippen LogP contribution in [-0.2, 0) is 10.5 Å². The van der Waals surface area contributed by atoms with Crippen LogP contribution >= 0.6 is 0 Å². The molecule has 1 aromatic carbocycles. The Hall–Kier alpha value is -1.80. The molecule has 0 radical (unpaired) electrons. The maximum atomic E-state index is 13.9. The fraction of sp³-hybridized carbons (Fsp3) is 0.533. The summed E-state index contributed by atoms with van der Waals surface area (Å²) >= 11 is 0. The van der Waals surface area contributed by atoms with Crippen molar-refractivity contribution in [1.82, 2.24) is 0 Å². The summed E-state index contributed by atoms with van der Waals surface area (Å²) in [7, 11) is 0. The van der Waals surface area contributed by atoms with Gasteiger partial charge in [-0.1, -0.05) is 43.3 Å². The number of oxime groups is 1. The first-order valence-electron chi connectivity index (χ1n) is 7.04. The van der Waals surface area contributed by atoms with Crippen molar-refractivity contribution in [3.05, 3.63) is 35.4 Å². The van der Waals surface area contributed by atoms with Gasteiger partial charge in [0, 0.05) is 12.0 Å². The van der Waals surface area contributed by atoms with Crippen LogP contribution in [0.1, 0.15) is 31.4 Å². The molecule has 1 atom stereocenters. The predicted octanol–water partition coefficient (Wildman–Crippen LogP) is 5.13. The zero-order chi connectivity index (χ0) is 18.3. The van der Waals surface area contributed by atoms with E-state index in [9.17, 15) is 30.7 Å². The molecule has 2 rings (SSSR count). The standard InChI is InChI=1S/C15H14F7NO/c1-8(2)12-7-11(23-24-12)9-3-5-10(6-4-9)13(16,14(17,18)19)15(20,21)22/h3-6,8,12H,7H2,1-2H3. The summed E-state index contributed by atoms with van der Waals surface area (Å²) < 4.78 is 90.0. The quantitative estimate of drug-likeness (QED) is 0.688. The molecule has 0 amide bonds. The SMILES string of the molecule is CC(C)C1CC(c2ccc(C(F)(C(F)(F)F)C(F)(F)F)cc2)=NO1. The van der Waals surface area contributed by atoms with Crippen molar-refractivity contribution in [1.29, 1.82) is 0 Å². The van der Waals surface area contributed by atoms with Crippen molar-refractivity contribution >= 4 is 5.71 Å². The lowest BCUT2D eigenvalue weighted by atomic mass is 9.91. The highest BCUT2D eigenvalue weighted by atomic mass is 19.4. The van der Waals surface area contributed by atoms with Gasteiger partial charge in [-0.3, -0.25) is 0 Å². The average Bonchev–Trinajstić information content (AvgIpc) is 2.94. The van der Waals surface area contributed by atoms with Crippen molar-refractivity contribution in [2.24, 2.45) is 11.1 Å². The van der Waals surface area contributed by atoms with Crippen LogP contribution in [-0.4, -0.2) is 24.2 Å². The summed E-state index contributed by atoms with van der Waals surface area (Å²) in [6.07, 6.45) is -12.1. The molecule has 0 fully saturated rings. The molecular formula is C15H14F7NO. The van der Waals surface area contributed by atoms with Gasteiger partial charge < -0.3 is 4.84 Å². The number of benzene rings is 1. The zero-order valence-electron chi connectivity index (χ0n) is 12.7. The zero-order valence-corrected chi connectivity index (χ0v) is 12.7. The Morgan fingerprint density at radius 2 is 1.46 bits per heavy atom. The molecule has 1 aliphatic rings. The molecule has 1 aliphatic heterocycles. The molecule has 0 aromatic heterocycles. The summed E-state index contributed by atoms with van der Waals surface area (Å²) in [6.45, 7) is 3.77. The van der Waals surface area contributed by atoms with E-state index in [4.69, 9.17) is 4.84 Å². The van der Waals surface area contributed by atoms with E-state index in [1.54, 1.807) is 0 Å². The van der Waals surface area contributed by atoms with E-state index >= 15 is 0 Å². The molecule has 2 nitrogen and oxygen atoms in total. The van der Waals surface area contributed by atoms with Crippen molar-refractivity contribution in [2.45, 2.75) is 44.4 Å². The van der Waals surface area contributed by atoms with Gasteiger partial charge in [-0.2, -0.15) is 26.3 Å². The van der Waals surface area contributed by atoms with Crippen LogP contribution in [0.3, 0.4) is 0 Å². The Balaban J connectivity index is 2.32. The Kier molecular flexibility index (Phi) is 4.58. The first-order valence-corrected chi connectivity index (χ1v) is 7.04. The molecule has 24 heavy (non-hydrogen) atoms. The second-order valence-electron chi connectivity index (χ2n) is 5.86. The van der Waals surface area contributed by atoms with Gasteiger partial charge in [0.05, 0.1) is 5.71 Å². The highest BCUT2D eigenvalue weighted by Crippen LogP contribution is 2.53. The Labute approximate surface area is 133 Å². The van der Waals surface area contributed by atoms with Crippen LogP contribution in [0.25, 0.3) is 0 Å². The van der Waals surface area contributed by atoms with Crippen molar-refractivity contribution in [2.75, 3.05) is 0 Å².